The van der Waals surface area contributed by atoms with Gasteiger partial charge in [0.15, 0.2) is 0 Å². The average molecular weight is 274 g/mol. The van der Waals surface area contributed by atoms with Crippen molar-refractivity contribution in [3.63, 3.8) is 0 Å². The standard InChI is InChI=1S/C16H26N4/c1-12(2)7-17-8-14-9-18-16(19-10-14)20(15-5-6-15)11-13-3-4-13/h9-10,12-13,15,17H,3-8,11H2,1-2H3. The van der Waals surface area contributed by atoms with Gasteiger partial charge in [-0.05, 0) is 44.1 Å². The Kier molecular flexibility index (Phi) is 4.20. The molecule has 1 aromatic rings. The Morgan fingerprint density at radius 3 is 2.45 bits per heavy atom. The maximum absolute atomic E-state index is 4.59. The normalized spacial score (nSPS) is 18.6. The third-order valence-electron chi connectivity index (χ3n) is 3.97. The topological polar surface area (TPSA) is 41.1 Å². The van der Waals surface area contributed by atoms with E-state index in [1.54, 1.807) is 0 Å². The van der Waals surface area contributed by atoms with Crippen LogP contribution in [0.15, 0.2) is 12.4 Å². The van der Waals surface area contributed by atoms with E-state index in [-0.39, 0.29) is 0 Å². The highest BCUT2D eigenvalue weighted by molar-refractivity contribution is 5.34. The number of nitrogens with zero attached hydrogens (tertiary/aromatic N) is 3. The van der Waals surface area contributed by atoms with Gasteiger partial charge in [-0.2, -0.15) is 0 Å². The van der Waals surface area contributed by atoms with Gasteiger partial charge in [0.05, 0.1) is 0 Å². The van der Waals surface area contributed by atoms with E-state index in [2.05, 4.69) is 34.0 Å². The summed E-state index contributed by atoms with van der Waals surface area (Å²) in [5.41, 5.74) is 1.18. The van der Waals surface area contributed by atoms with Crippen molar-refractivity contribution >= 4 is 5.95 Å². The van der Waals surface area contributed by atoms with E-state index >= 15 is 0 Å². The molecule has 0 unspecified atom stereocenters. The summed E-state index contributed by atoms with van der Waals surface area (Å²) in [7, 11) is 0. The molecule has 110 valence electrons. The Hall–Kier alpha value is -1.16. The van der Waals surface area contributed by atoms with Crippen molar-refractivity contribution in [1.29, 1.82) is 0 Å². The highest BCUT2D eigenvalue weighted by Gasteiger charge is 2.35. The van der Waals surface area contributed by atoms with E-state index in [0.717, 1.165) is 31.5 Å². The molecule has 0 atom stereocenters. The van der Waals surface area contributed by atoms with Gasteiger partial charge in [0, 0.05) is 37.1 Å². The van der Waals surface area contributed by atoms with Gasteiger partial charge in [0.1, 0.15) is 0 Å². The monoisotopic (exact) mass is 274 g/mol. The summed E-state index contributed by atoms with van der Waals surface area (Å²) in [5.74, 6) is 2.51. The molecule has 0 radical (unpaired) electrons. The Morgan fingerprint density at radius 1 is 1.20 bits per heavy atom. The smallest absolute Gasteiger partial charge is 0.225 e. The lowest BCUT2D eigenvalue weighted by Gasteiger charge is -2.22. The van der Waals surface area contributed by atoms with E-state index in [0.29, 0.717) is 12.0 Å². The largest absolute Gasteiger partial charge is 0.338 e. The number of aromatic nitrogens is 2. The fraction of sp³-hybridized carbons (Fsp3) is 0.750. The molecule has 0 saturated heterocycles. The predicted octanol–water partition coefficient (Wildman–Crippen LogP) is 2.60. The third kappa shape index (κ3) is 3.92. The first-order valence-corrected chi connectivity index (χ1v) is 8.00. The van der Waals surface area contributed by atoms with Crippen LogP contribution in [0.4, 0.5) is 5.95 Å². The first-order chi connectivity index (χ1) is 9.72. The molecule has 0 aliphatic heterocycles. The third-order valence-corrected chi connectivity index (χ3v) is 3.97. The van der Waals surface area contributed by atoms with Crippen molar-refractivity contribution in [1.82, 2.24) is 15.3 Å². The van der Waals surface area contributed by atoms with Crippen LogP contribution >= 0.6 is 0 Å². The fourth-order valence-corrected chi connectivity index (χ4v) is 2.45. The molecular formula is C16H26N4. The summed E-state index contributed by atoms with van der Waals surface area (Å²) >= 11 is 0. The van der Waals surface area contributed by atoms with Gasteiger partial charge < -0.3 is 10.2 Å². The molecule has 3 rings (SSSR count). The van der Waals surface area contributed by atoms with Gasteiger partial charge in [-0.1, -0.05) is 13.8 Å². The molecule has 0 bridgehead atoms. The van der Waals surface area contributed by atoms with Crippen LogP contribution in [0, 0.1) is 11.8 Å². The minimum Gasteiger partial charge on any atom is -0.338 e. The SMILES string of the molecule is CC(C)CNCc1cnc(N(CC2CC2)C2CC2)nc1. The van der Waals surface area contributed by atoms with Gasteiger partial charge in [0.25, 0.3) is 0 Å². The van der Waals surface area contributed by atoms with Crippen LogP contribution in [0.3, 0.4) is 0 Å². The van der Waals surface area contributed by atoms with Gasteiger partial charge in [-0.15, -0.1) is 0 Å². The number of rotatable bonds is 8. The zero-order valence-electron chi connectivity index (χ0n) is 12.7. The summed E-state index contributed by atoms with van der Waals surface area (Å²) in [5, 5.41) is 3.43. The minimum atomic E-state index is 0.680. The molecule has 2 aliphatic rings. The maximum Gasteiger partial charge on any atom is 0.225 e. The maximum atomic E-state index is 4.59. The second kappa shape index (κ2) is 6.08. The van der Waals surface area contributed by atoms with Crippen molar-refractivity contribution in [2.24, 2.45) is 11.8 Å². The van der Waals surface area contributed by atoms with Crippen molar-refractivity contribution in [2.75, 3.05) is 18.0 Å². The van der Waals surface area contributed by atoms with Crippen LogP contribution in [0.2, 0.25) is 0 Å². The first-order valence-electron chi connectivity index (χ1n) is 8.00. The predicted molar refractivity (Wildman–Crippen MR) is 81.7 cm³/mol. The zero-order chi connectivity index (χ0) is 13.9. The van der Waals surface area contributed by atoms with E-state index in [4.69, 9.17) is 0 Å². The van der Waals surface area contributed by atoms with E-state index < -0.39 is 0 Å². The fourth-order valence-electron chi connectivity index (χ4n) is 2.45. The lowest BCUT2D eigenvalue weighted by atomic mass is 10.2. The van der Waals surface area contributed by atoms with Crippen molar-refractivity contribution in [3.8, 4) is 0 Å². The minimum absolute atomic E-state index is 0.680. The van der Waals surface area contributed by atoms with Crippen LogP contribution in [0.25, 0.3) is 0 Å². The highest BCUT2D eigenvalue weighted by Crippen LogP contribution is 2.36. The number of nitrogens with one attached hydrogen (secondary N) is 1. The molecule has 0 spiro atoms. The molecule has 0 aromatic carbocycles. The lowest BCUT2D eigenvalue weighted by molar-refractivity contribution is 0.551. The van der Waals surface area contributed by atoms with Crippen LogP contribution in [0.5, 0.6) is 0 Å². The molecule has 2 saturated carbocycles. The number of hydrogen-bond donors (Lipinski definition) is 1. The second-order valence-electron chi connectivity index (χ2n) is 6.74. The van der Waals surface area contributed by atoms with Gasteiger partial charge >= 0.3 is 0 Å². The summed E-state index contributed by atoms with van der Waals surface area (Å²) < 4.78 is 0. The van der Waals surface area contributed by atoms with Gasteiger partial charge in [0.2, 0.25) is 5.95 Å². The molecule has 20 heavy (non-hydrogen) atoms. The van der Waals surface area contributed by atoms with Crippen LogP contribution < -0.4 is 10.2 Å². The van der Waals surface area contributed by atoms with Gasteiger partial charge in [-0.3, -0.25) is 0 Å². The van der Waals surface area contributed by atoms with Crippen molar-refractivity contribution in [2.45, 2.75) is 52.1 Å². The Bertz CT molecular complexity index is 421. The number of anilines is 1. The molecule has 4 nitrogen and oxygen atoms in total. The van der Waals surface area contributed by atoms with Crippen molar-refractivity contribution in [3.05, 3.63) is 18.0 Å². The molecule has 1 N–H and O–H groups in total. The summed E-state index contributed by atoms with van der Waals surface area (Å²) in [6, 6.07) is 0.709. The number of hydrogen-bond acceptors (Lipinski definition) is 4. The van der Waals surface area contributed by atoms with Crippen LogP contribution in [-0.4, -0.2) is 29.1 Å². The molecule has 2 fully saturated rings. The summed E-state index contributed by atoms with van der Waals surface area (Å²) in [4.78, 5) is 11.6. The van der Waals surface area contributed by atoms with E-state index in [1.165, 1.54) is 31.2 Å². The lowest BCUT2D eigenvalue weighted by Crippen LogP contribution is -2.30. The molecule has 4 heteroatoms. The summed E-state index contributed by atoms with van der Waals surface area (Å²) in [6.07, 6.45) is 9.37. The quantitative estimate of drug-likeness (QED) is 0.791. The van der Waals surface area contributed by atoms with Crippen molar-refractivity contribution < 1.29 is 0 Å². The second-order valence-corrected chi connectivity index (χ2v) is 6.74. The van der Waals surface area contributed by atoms with Crippen LogP contribution in [-0.2, 0) is 6.54 Å². The van der Waals surface area contributed by atoms with Gasteiger partial charge in [-0.25, -0.2) is 9.97 Å². The molecule has 2 aliphatic carbocycles. The summed E-state index contributed by atoms with van der Waals surface area (Å²) in [6.45, 7) is 7.51. The molecule has 1 aromatic heterocycles. The van der Waals surface area contributed by atoms with E-state index in [9.17, 15) is 0 Å². The molecule has 0 amide bonds. The molecule has 1 heterocycles. The molecular weight excluding hydrogens is 248 g/mol. The highest BCUT2D eigenvalue weighted by atomic mass is 15.3. The average Bonchev–Trinajstić information content (AvgIpc) is 3.29. The zero-order valence-corrected chi connectivity index (χ0v) is 12.7. The Labute approximate surface area is 122 Å². The first kappa shape index (κ1) is 13.8. The Balaban J connectivity index is 1.56. The Morgan fingerprint density at radius 2 is 1.90 bits per heavy atom. The van der Waals surface area contributed by atoms with E-state index in [1.807, 2.05) is 12.4 Å². The van der Waals surface area contributed by atoms with Crippen LogP contribution in [0.1, 0.15) is 45.1 Å².